The quantitative estimate of drug-likeness (QED) is 0.218. The van der Waals surface area contributed by atoms with Crippen molar-refractivity contribution in [1.29, 1.82) is 0 Å². The maximum atomic E-state index is 5.44. The van der Waals surface area contributed by atoms with Crippen molar-refractivity contribution >= 4 is 20.1 Å². The summed E-state index contributed by atoms with van der Waals surface area (Å²) >= 11 is 0.234. The molecule has 0 saturated carbocycles. The molecule has 1 radical (unpaired) electrons. The molecule has 0 N–H and O–H groups in total. The van der Waals surface area contributed by atoms with Crippen LogP contribution >= 0.6 is 0 Å². The Morgan fingerprint density at radius 3 is 2.17 bits per heavy atom. The van der Waals surface area contributed by atoms with E-state index in [4.69, 9.17) is 4.74 Å². The van der Waals surface area contributed by atoms with Crippen LogP contribution in [-0.4, -0.2) is 29.0 Å². The van der Waals surface area contributed by atoms with Gasteiger partial charge in [0.2, 0.25) is 0 Å². The Kier molecular flexibility index (Phi) is 9.30. The zero-order valence-corrected chi connectivity index (χ0v) is 19.1. The first-order valence-electron chi connectivity index (χ1n) is 10.4. The van der Waals surface area contributed by atoms with Crippen molar-refractivity contribution in [1.82, 2.24) is 0 Å². The van der Waals surface area contributed by atoms with E-state index in [2.05, 4.69) is 97.9 Å². The summed E-state index contributed by atoms with van der Waals surface area (Å²) in [6, 6.07) is 28.7. The van der Waals surface area contributed by atoms with Gasteiger partial charge in [0.15, 0.2) is 0 Å². The molecule has 0 bridgehead atoms. The molecule has 0 amide bonds. The number of allylic oxidation sites excluding steroid dienone is 2. The van der Waals surface area contributed by atoms with E-state index in [1.807, 2.05) is 0 Å². The van der Waals surface area contributed by atoms with E-state index in [9.17, 15) is 0 Å². The van der Waals surface area contributed by atoms with E-state index in [1.54, 1.807) is 0 Å². The SMILES string of the molecule is CCOCC[As]c1ccc(CC=CCc2ccccc2Cc2ccccc2)cc1. The molecule has 149 valence electrons. The standard InChI is InChI=1S/C27H30AsO/c1-2-29-21-20-28-27-18-16-23(17-19-27)10-6-7-13-25-14-8-9-15-26(25)22-24-11-4-3-5-12-24/h3-9,11-12,14-19H,2,10,13,20-22H2,1H3. The minimum absolute atomic E-state index is 0.234. The average Bonchev–Trinajstić information content (AvgIpc) is 2.77. The van der Waals surface area contributed by atoms with Crippen molar-refractivity contribution in [3.05, 3.63) is 113 Å². The van der Waals surface area contributed by atoms with Crippen LogP contribution in [0.4, 0.5) is 0 Å². The Labute approximate surface area is 182 Å². The Morgan fingerprint density at radius 2 is 1.41 bits per heavy atom. The van der Waals surface area contributed by atoms with Gasteiger partial charge in [0.05, 0.1) is 0 Å². The first kappa shape index (κ1) is 21.6. The summed E-state index contributed by atoms with van der Waals surface area (Å²) in [5.41, 5.74) is 5.59. The van der Waals surface area contributed by atoms with Crippen LogP contribution in [0.3, 0.4) is 0 Å². The zero-order chi connectivity index (χ0) is 20.2. The van der Waals surface area contributed by atoms with Gasteiger partial charge < -0.3 is 0 Å². The predicted octanol–water partition coefficient (Wildman–Crippen LogP) is 5.40. The van der Waals surface area contributed by atoms with Crippen LogP contribution in [0.15, 0.2) is 91.0 Å². The summed E-state index contributed by atoms with van der Waals surface area (Å²) in [7, 11) is 0. The van der Waals surface area contributed by atoms with Crippen molar-refractivity contribution in [3.8, 4) is 0 Å². The van der Waals surface area contributed by atoms with Crippen molar-refractivity contribution in [2.75, 3.05) is 13.2 Å². The number of hydrogen-bond acceptors (Lipinski definition) is 1. The Morgan fingerprint density at radius 1 is 0.724 bits per heavy atom. The number of ether oxygens (including phenoxy) is 1. The Bertz CT molecular complexity index is 869. The van der Waals surface area contributed by atoms with Crippen LogP contribution in [-0.2, 0) is 24.0 Å². The van der Waals surface area contributed by atoms with Gasteiger partial charge in [-0.05, 0) is 0 Å². The first-order valence-corrected chi connectivity index (χ1v) is 12.7. The second-order valence-electron chi connectivity index (χ2n) is 7.06. The molecule has 3 rings (SSSR count). The zero-order valence-electron chi connectivity index (χ0n) is 17.3. The molecule has 1 nitrogen and oxygen atoms in total. The fraction of sp³-hybridized carbons (Fsp3) is 0.259. The molecule has 0 atom stereocenters. The van der Waals surface area contributed by atoms with Crippen LogP contribution in [0.2, 0.25) is 5.21 Å². The molecule has 0 saturated heterocycles. The van der Waals surface area contributed by atoms with Crippen molar-refractivity contribution in [2.45, 2.75) is 31.4 Å². The van der Waals surface area contributed by atoms with E-state index >= 15 is 0 Å². The van der Waals surface area contributed by atoms with Crippen molar-refractivity contribution < 1.29 is 4.74 Å². The number of rotatable bonds is 11. The van der Waals surface area contributed by atoms with Gasteiger partial charge in [-0.2, -0.15) is 0 Å². The topological polar surface area (TPSA) is 9.23 Å². The molecular weight excluding hydrogens is 415 g/mol. The fourth-order valence-corrected chi connectivity index (χ4v) is 5.05. The Balaban J connectivity index is 1.49. The summed E-state index contributed by atoms with van der Waals surface area (Å²) in [6.45, 7) is 3.77. The minimum atomic E-state index is 0.234. The maximum absolute atomic E-state index is 5.44. The van der Waals surface area contributed by atoms with Gasteiger partial charge in [-0.3, -0.25) is 0 Å². The van der Waals surface area contributed by atoms with Crippen LogP contribution < -0.4 is 4.35 Å². The average molecular weight is 445 g/mol. The molecule has 0 heterocycles. The van der Waals surface area contributed by atoms with Crippen LogP contribution in [0.1, 0.15) is 29.2 Å². The van der Waals surface area contributed by atoms with Crippen molar-refractivity contribution in [3.63, 3.8) is 0 Å². The predicted molar refractivity (Wildman–Crippen MR) is 125 cm³/mol. The molecule has 0 aromatic heterocycles. The summed E-state index contributed by atoms with van der Waals surface area (Å²) < 4.78 is 6.93. The molecule has 0 spiro atoms. The molecular formula is C27H30AsO. The summed E-state index contributed by atoms with van der Waals surface area (Å²) in [5.74, 6) is 0. The van der Waals surface area contributed by atoms with Gasteiger partial charge in [-0.25, -0.2) is 0 Å². The van der Waals surface area contributed by atoms with Crippen LogP contribution in [0.25, 0.3) is 0 Å². The van der Waals surface area contributed by atoms with Crippen LogP contribution in [0.5, 0.6) is 0 Å². The van der Waals surface area contributed by atoms with E-state index < -0.39 is 0 Å². The van der Waals surface area contributed by atoms with E-state index in [0.29, 0.717) is 0 Å². The van der Waals surface area contributed by atoms with Gasteiger partial charge in [0.25, 0.3) is 0 Å². The first-order chi connectivity index (χ1) is 14.3. The molecule has 0 aliphatic carbocycles. The Hall–Kier alpha value is -2.08. The molecule has 3 aromatic carbocycles. The van der Waals surface area contributed by atoms with E-state index in [1.165, 1.54) is 31.8 Å². The second-order valence-corrected chi connectivity index (χ2v) is 9.74. The molecule has 0 aliphatic rings. The summed E-state index contributed by atoms with van der Waals surface area (Å²) in [4.78, 5) is 0. The van der Waals surface area contributed by atoms with Gasteiger partial charge in [-0.15, -0.1) is 0 Å². The number of hydrogen-bond donors (Lipinski definition) is 0. The number of benzene rings is 3. The van der Waals surface area contributed by atoms with Crippen molar-refractivity contribution in [2.24, 2.45) is 0 Å². The second kappa shape index (κ2) is 12.5. The summed E-state index contributed by atoms with van der Waals surface area (Å²) in [6.07, 6.45) is 7.60. The van der Waals surface area contributed by atoms with Gasteiger partial charge >= 0.3 is 152 Å². The van der Waals surface area contributed by atoms with Gasteiger partial charge in [-0.1, -0.05) is 30.3 Å². The monoisotopic (exact) mass is 445 g/mol. The molecule has 29 heavy (non-hydrogen) atoms. The normalized spacial score (nSPS) is 11.6. The van der Waals surface area contributed by atoms with Gasteiger partial charge in [0.1, 0.15) is 0 Å². The van der Waals surface area contributed by atoms with Crippen LogP contribution in [0, 0.1) is 0 Å². The molecule has 0 fully saturated rings. The van der Waals surface area contributed by atoms with E-state index in [-0.39, 0.29) is 15.8 Å². The third-order valence-corrected chi connectivity index (χ3v) is 7.13. The third kappa shape index (κ3) is 7.69. The third-order valence-electron chi connectivity index (χ3n) is 4.88. The van der Waals surface area contributed by atoms with Gasteiger partial charge in [0, 0.05) is 0 Å². The molecule has 0 unspecified atom stereocenters. The van der Waals surface area contributed by atoms with E-state index in [0.717, 1.165) is 32.5 Å². The molecule has 2 heteroatoms. The fourth-order valence-electron chi connectivity index (χ4n) is 3.30. The summed E-state index contributed by atoms with van der Waals surface area (Å²) in [5, 5.41) is 1.19. The molecule has 3 aromatic rings. The molecule has 0 aliphatic heterocycles.